The first-order valence-electron chi connectivity index (χ1n) is 8.02. The minimum atomic E-state index is -0.127. The third kappa shape index (κ3) is 3.04. The fourth-order valence-corrected chi connectivity index (χ4v) is 2.81. The number of benzene rings is 3. The molecule has 3 aromatic carbocycles. The number of rotatable bonds is 5. The topological polar surface area (TPSA) is 34.1 Å². The van der Waals surface area contributed by atoms with Crippen LogP contribution in [0.2, 0.25) is 0 Å². The number of aryl methyl sites for hydroxylation is 1. The van der Waals surface area contributed by atoms with Crippen molar-refractivity contribution in [2.24, 2.45) is 0 Å². The third-order valence-corrected chi connectivity index (χ3v) is 4.18. The van der Waals surface area contributed by atoms with E-state index in [1.54, 1.807) is 6.07 Å². The summed E-state index contributed by atoms with van der Waals surface area (Å²) < 4.78 is 0. The molecule has 2 nitrogen and oxygen atoms in total. The standard InChI is InChI=1S/C22H18O2/c1-2-16-11-13-18(14-12-16)22(24)20-10-6-9-19(21(20)15-23)17-7-4-3-5-8-17/h3-15H,2H2,1H3. The molecule has 0 atom stereocenters. The van der Waals surface area contributed by atoms with Crippen LogP contribution in [-0.2, 0) is 6.42 Å². The second-order valence-electron chi connectivity index (χ2n) is 5.63. The lowest BCUT2D eigenvalue weighted by atomic mass is 9.92. The van der Waals surface area contributed by atoms with Crippen molar-refractivity contribution in [3.8, 4) is 11.1 Å². The molecule has 0 radical (unpaired) electrons. The summed E-state index contributed by atoms with van der Waals surface area (Å²) in [5, 5.41) is 0. The lowest BCUT2D eigenvalue weighted by Crippen LogP contribution is -2.06. The van der Waals surface area contributed by atoms with Crippen LogP contribution in [0.5, 0.6) is 0 Å². The van der Waals surface area contributed by atoms with Gasteiger partial charge < -0.3 is 0 Å². The van der Waals surface area contributed by atoms with Crippen LogP contribution in [0, 0.1) is 0 Å². The molecule has 0 amide bonds. The highest BCUT2D eigenvalue weighted by atomic mass is 16.1. The molecule has 0 bridgehead atoms. The van der Waals surface area contributed by atoms with E-state index in [2.05, 4.69) is 6.92 Å². The monoisotopic (exact) mass is 314 g/mol. The molecule has 0 unspecified atom stereocenters. The lowest BCUT2D eigenvalue weighted by molar-refractivity contribution is 0.102. The number of carbonyl (C=O) groups is 2. The Balaban J connectivity index is 2.07. The summed E-state index contributed by atoms with van der Waals surface area (Å²) in [5.74, 6) is -0.127. The van der Waals surface area contributed by atoms with Gasteiger partial charge in [0.05, 0.1) is 0 Å². The van der Waals surface area contributed by atoms with Gasteiger partial charge in [0.1, 0.15) is 0 Å². The van der Waals surface area contributed by atoms with Gasteiger partial charge in [-0.2, -0.15) is 0 Å². The van der Waals surface area contributed by atoms with Gasteiger partial charge in [0, 0.05) is 16.7 Å². The Hall–Kier alpha value is -3.00. The highest BCUT2D eigenvalue weighted by Gasteiger charge is 2.16. The first-order valence-corrected chi connectivity index (χ1v) is 8.02. The molecule has 24 heavy (non-hydrogen) atoms. The maximum absolute atomic E-state index is 12.9. The molecule has 2 heteroatoms. The van der Waals surface area contributed by atoms with Crippen LogP contribution in [0.3, 0.4) is 0 Å². The quantitative estimate of drug-likeness (QED) is 0.493. The zero-order chi connectivity index (χ0) is 16.9. The highest BCUT2D eigenvalue weighted by Crippen LogP contribution is 2.26. The van der Waals surface area contributed by atoms with E-state index in [1.165, 1.54) is 5.56 Å². The summed E-state index contributed by atoms with van der Waals surface area (Å²) in [7, 11) is 0. The fraction of sp³-hybridized carbons (Fsp3) is 0.0909. The van der Waals surface area contributed by atoms with Gasteiger partial charge in [0.15, 0.2) is 12.1 Å². The predicted octanol–water partition coefficient (Wildman–Crippen LogP) is 4.96. The number of hydrogen-bond acceptors (Lipinski definition) is 2. The first kappa shape index (κ1) is 15.9. The van der Waals surface area contributed by atoms with Gasteiger partial charge in [-0.05, 0) is 23.1 Å². The lowest BCUT2D eigenvalue weighted by Gasteiger charge is -2.10. The van der Waals surface area contributed by atoms with E-state index in [1.807, 2.05) is 66.7 Å². The van der Waals surface area contributed by atoms with E-state index >= 15 is 0 Å². The summed E-state index contributed by atoms with van der Waals surface area (Å²) in [4.78, 5) is 24.6. The van der Waals surface area contributed by atoms with Gasteiger partial charge in [0.2, 0.25) is 0 Å². The van der Waals surface area contributed by atoms with Gasteiger partial charge in [0.25, 0.3) is 0 Å². The van der Waals surface area contributed by atoms with E-state index < -0.39 is 0 Å². The number of aldehydes is 1. The smallest absolute Gasteiger partial charge is 0.193 e. The van der Waals surface area contributed by atoms with Crippen LogP contribution in [0.25, 0.3) is 11.1 Å². The maximum atomic E-state index is 12.9. The average molecular weight is 314 g/mol. The first-order chi connectivity index (χ1) is 11.7. The molecule has 3 aromatic rings. The van der Waals surface area contributed by atoms with Crippen LogP contribution in [0.4, 0.5) is 0 Å². The van der Waals surface area contributed by atoms with E-state index in [9.17, 15) is 9.59 Å². The Bertz CT molecular complexity index is 862. The summed E-state index contributed by atoms with van der Waals surface area (Å²) >= 11 is 0. The van der Waals surface area contributed by atoms with Crippen LogP contribution in [-0.4, -0.2) is 12.1 Å². The minimum Gasteiger partial charge on any atom is -0.298 e. The van der Waals surface area contributed by atoms with Crippen molar-refractivity contribution in [2.75, 3.05) is 0 Å². The zero-order valence-electron chi connectivity index (χ0n) is 13.5. The van der Waals surface area contributed by atoms with Crippen LogP contribution < -0.4 is 0 Å². The summed E-state index contributed by atoms with van der Waals surface area (Å²) in [6.45, 7) is 2.07. The molecule has 0 saturated carbocycles. The van der Waals surface area contributed by atoms with Crippen LogP contribution in [0.1, 0.15) is 38.8 Å². The highest BCUT2D eigenvalue weighted by molar-refractivity contribution is 6.14. The van der Waals surface area contributed by atoms with Gasteiger partial charge in [-0.25, -0.2) is 0 Å². The Labute approximate surface area is 141 Å². The number of ketones is 1. The molecule has 0 heterocycles. The Kier molecular flexibility index (Phi) is 4.66. The van der Waals surface area contributed by atoms with Gasteiger partial charge >= 0.3 is 0 Å². The molecule has 0 aliphatic heterocycles. The molecule has 3 rings (SSSR count). The van der Waals surface area contributed by atoms with Crippen LogP contribution in [0.15, 0.2) is 72.8 Å². The molecule has 0 fully saturated rings. The van der Waals surface area contributed by atoms with E-state index in [4.69, 9.17) is 0 Å². The number of hydrogen-bond donors (Lipinski definition) is 0. The van der Waals surface area contributed by atoms with Crippen molar-refractivity contribution in [1.29, 1.82) is 0 Å². The average Bonchev–Trinajstić information content (AvgIpc) is 2.67. The van der Waals surface area contributed by atoms with Crippen LogP contribution >= 0.6 is 0 Å². The van der Waals surface area contributed by atoms with Crippen molar-refractivity contribution in [3.05, 3.63) is 95.1 Å². The largest absolute Gasteiger partial charge is 0.298 e. The molecular formula is C22H18O2. The normalized spacial score (nSPS) is 10.4. The third-order valence-electron chi connectivity index (χ3n) is 4.18. The molecule has 0 aliphatic carbocycles. The predicted molar refractivity (Wildman–Crippen MR) is 96.5 cm³/mol. The SMILES string of the molecule is CCc1ccc(C(=O)c2cccc(-c3ccccc3)c2C=O)cc1. The number of carbonyl (C=O) groups excluding carboxylic acids is 2. The molecule has 0 aromatic heterocycles. The Morgan fingerprint density at radius 1 is 0.875 bits per heavy atom. The molecule has 0 spiro atoms. The van der Waals surface area contributed by atoms with Crippen molar-refractivity contribution >= 4 is 12.1 Å². The molecule has 0 saturated heterocycles. The Morgan fingerprint density at radius 3 is 2.21 bits per heavy atom. The second-order valence-corrected chi connectivity index (χ2v) is 5.63. The van der Waals surface area contributed by atoms with Gasteiger partial charge in [-0.3, -0.25) is 9.59 Å². The summed E-state index contributed by atoms with van der Waals surface area (Å²) in [6.07, 6.45) is 1.70. The molecular weight excluding hydrogens is 296 g/mol. The van der Waals surface area contributed by atoms with Crippen molar-refractivity contribution in [1.82, 2.24) is 0 Å². The Morgan fingerprint density at radius 2 is 1.58 bits per heavy atom. The fourth-order valence-electron chi connectivity index (χ4n) is 2.81. The maximum Gasteiger partial charge on any atom is 0.193 e. The van der Waals surface area contributed by atoms with E-state index in [-0.39, 0.29) is 5.78 Å². The molecule has 0 aliphatic rings. The zero-order valence-corrected chi connectivity index (χ0v) is 13.5. The van der Waals surface area contributed by atoms with Gasteiger partial charge in [-0.15, -0.1) is 0 Å². The summed E-state index contributed by atoms with van der Waals surface area (Å²) in [6, 6.07) is 22.6. The summed E-state index contributed by atoms with van der Waals surface area (Å²) in [5.41, 5.74) is 4.36. The molecule has 118 valence electrons. The van der Waals surface area contributed by atoms with Crippen molar-refractivity contribution in [3.63, 3.8) is 0 Å². The minimum absolute atomic E-state index is 0.127. The van der Waals surface area contributed by atoms with E-state index in [0.717, 1.165) is 23.8 Å². The van der Waals surface area contributed by atoms with Gasteiger partial charge in [-0.1, -0.05) is 79.7 Å². The van der Waals surface area contributed by atoms with Crippen molar-refractivity contribution < 1.29 is 9.59 Å². The van der Waals surface area contributed by atoms with Crippen molar-refractivity contribution in [2.45, 2.75) is 13.3 Å². The van der Waals surface area contributed by atoms with E-state index in [0.29, 0.717) is 16.7 Å². The second kappa shape index (κ2) is 7.05. The molecule has 0 N–H and O–H groups in total.